The standard InChI is InChI=1S/C15H14ClFO/c16-14-7-6-11(9-15(14)17)8-13(10-18)12-4-2-1-3-5-12/h1-7,9,13,18H,8,10H2. The first-order chi connectivity index (χ1) is 8.70. The molecule has 0 heterocycles. The summed E-state index contributed by atoms with van der Waals surface area (Å²) in [6, 6.07) is 14.5. The molecule has 0 amide bonds. The summed E-state index contributed by atoms with van der Waals surface area (Å²) in [5.41, 5.74) is 1.88. The lowest BCUT2D eigenvalue weighted by atomic mass is 9.93. The highest BCUT2D eigenvalue weighted by Gasteiger charge is 2.12. The van der Waals surface area contributed by atoms with Gasteiger partial charge >= 0.3 is 0 Å². The van der Waals surface area contributed by atoms with Crippen LogP contribution in [0.25, 0.3) is 0 Å². The molecule has 0 spiro atoms. The lowest BCUT2D eigenvalue weighted by Crippen LogP contribution is -2.07. The maximum Gasteiger partial charge on any atom is 0.142 e. The van der Waals surface area contributed by atoms with Crippen LogP contribution < -0.4 is 0 Å². The van der Waals surface area contributed by atoms with Crippen molar-refractivity contribution in [1.29, 1.82) is 0 Å². The van der Waals surface area contributed by atoms with Crippen LogP contribution in [0.2, 0.25) is 5.02 Å². The van der Waals surface area contributed by atoms with Gasteiger partial charge in [-0.25, -0.2) is 4.39 Å². The molecule has 0 aliphatic rings. The van der Waals surface area contributed by atoms with Crippen molar-refractivity contribution < 1.29 is 9.50 Å². The number of halogens is 2. The number of aliphatic hydroxyl groups excluding tert-OH is 1. The van der Waals surface area contributed by atoms with Gasteiger partial charge in [0.25, 0.3) is 0 Å². The van der Waals surface area contributed by atoms with Gasteiger partial charge in [-0.1, -0.05) is 48.0 Å². The number of aliphatic hydroxyl groups is 1. The Hall–Kier alpha value is -1.38. The molecule has 3 heteroatoms. The molecule has 18 heavy (non-hydrogen) atoms. The molecule has 0 radical (unpaired) electrons. The second-order valence-corrected chi connectivity index (χ2v) is 4.65. The Balaban J connectivity index is 2.18. The number of hydrogen-bond donors (Lipinski definition) is 1. The highest BCUT2D eigenvalue weighted by atomic mass is 35.5. The quantitative estimate of drug-likeness (QED) is 0.891. The van der Waals surface area contributed by atoms with E-state index in [1.165, 1.54) is 6.07 Å². The van der Waals surface area contributed by atoms with Gasteiger partial charge in [0.05, 0.1) is 11.6 Å². The number of rotatable bonds is 4. The largest absolute Gasteiger partial charge is 0.396 e. The van der Waals surface area contributed by atoms with Crippen molar-refractivity contribution in [2.75, 3.05) is 6.61 Å². The zero-order valence-corrected chi connectivity index (χ0v) is 10.6. The Morgan fingerprint density at radius 2 is 1.83 bits per heavy atom. The molecule has 0 aliphatic carbocycles. The molecule has 1 N–H and O–H groups in total. The lowest BCUT2D eigenvalue weighted by Gasteiger charge is -2.14. The Bertz CT molecular complexity index is 513. The van der Waals surface area contributed by atoms with Crippen molar-refractivity contribution in [3.63, 3.8) is 0 Å². The first kappa shape index (κ1) is 13.1. The van der Waals surface area contributed by atoms with Crippen LogP contribution in [0.5, 0.6) is 0 Å². The molecule has 1 atom stereocenters. The molecular weight excluding hydrogens is 251 g/mol. The fraction of sp³-hybridized carbons (Fsp3) is 0.200. The van der Waals surface area contributed by atoms with Crippen molar-refractivity contribution in [3.8, 4) is 0 Å². The van der Waals surface area contributed by atoms with Gasteiger partial charge in [-0.3, -0.25) is 0 Å². The smallest absolute Gasteiger partial charge is 0.142 e. The third-order valence-electron chi connectivity index (χ3n) is 2.96. The Morgan fingerprint density at radius 3 is 2.44 bits per heavy atom. The van der Waals surface area contributed by atoms with E-state index in [1.54, 1.807) is 12.1 Å². The summed E-state index contributed by atoms with van der Waals surface area (Å²) < 4.78 is 13.3. The van der Waals surface area contributed by atoms with Gasteiger partial charge in [0.2, 0.25) is 0 Å². The van der Waals surface area contributed by atoms with Crippen LogP contribution in [-0.4, -0.2) is 11.7 Å². The zero-order chi connectivity index (χ0) is 13.0. The van der Waals surface area contributed by atoms with Crippen LogP contribution in [0, 0.1) is 5.82 Å². The molecule has 1 nitrogen and oxygen atoms in total. The maximum absolute atomic E-state index is 13.3. The van der Waals surface area contributed by atoms with E-state index in [0.29, 0.717) is 6.42 Å². The third-order valence-corrected chi connectivity index (χ3v) is 3.26. The highest BCUT2D eigenvalue weighted by Crippen LogP contribution is 2.23. The number of hydrogen-bond acceptors (Lipinski definition) is 1. The summed E-state index contributed by atoms with van der Waals surface area (Å²) in [5.74, 6) is -0.439. The normalized spacial score (nSPS) is 12.4. The maximum atomic E-state index is 13.3. The van der Waals surface area contributed by atoms with E-state index in [2.05, 4.69) is 0 Å². The van der Waals surface area contributed by atoms with E-state index >= 15 is 0 Å². The molecule has 2 aromatic carbocycles. The SMILES string of the molecule is OCC(Cc1ccc(Cl)c(F)c1)c1ccccc1. The third kappa shape index (κ3) is 3.09. The Morgan fingerprint density at radius 1 is 1.11 bits per heavy atom. The molecule has 0 aromatic heterocycles. The van der Waals surface area contributed by atoms with Gasteiger partial charge in [0.1, 0.15) is 5.82 Å². The second kappa shape index (κ2) is 5.98. The minimum Gasteiger partial charge on any atom is -0.396 e. The van der Waals surface area contributed by atoms with Crippen LogP contribution in [0.3, 0.4) is 0 Å². The summed E-state index contributed by atoms with van der Waals surface area (Å²) in [4.78, 5) is 0. The lowest BCUT2D eigenvalue weighted by molar-refractivity contribution is 0.264. The fourth-order valence-corrected chi connectivity index (χ4v) is 2.08. The summed E-state index contributed by atoms with van der Waals surface area (Å²) >= 11 is 5.64. The van der Waals surface area contributed by atoms with E-state index in [9.17, 15) is 9.50 Å². The Kier molecular flexibility index (Phi) is 4.34. The molecule has 0 saturated carbocycles. The average molecular weight is 265 g/mol. The minimum atomic E-state index is -0.418. The van der Waals surface area contributed by atoms with Gasteiger partial charge in [0, 0.05) is 5.92 Å². The van der Waals surface area contributed by atoms with Crippen LogP contribution in [-0.2, 0) is 6.42 Å². The molecule has 94 valence electrons. The van der Waals surface area contributed by atoms with Crippen LogP contribution in [0.15, 0.2) is 48.5 Å². The molecule has 0 saturated heterocycles. The van der Waals surface area contributed by atoms with Gasteiger partial charge in [-0.05, 0) is 29.7 Å². The van der Waals surface area contributed by atoms with E-state index in [1.807, 2.05) is 30.3 Å². The van der Waals surface area contributed by atoms with E-state index < -0.39 is 5.82 Å². The van der Waals surface area contributed by atoms with Crippen molar-refractivity contribution in [3.05, 3.63) is 70.5 Å². The number of benzene rings is 2. The zero-order valence-electron chi connectivity index (χ0n) is 9.81. The van der Waals surface area contributed by atoms with Crippen molar-refractivity contribution in [2.45, 2.75) is 12.3 Å². The first-order valence-electron chi connectivity index (χ1n) is 5.80. The molecule has 0 bridgehead atoms. The molecule has 0 fully saturated rings. The highest BCUT2D eigenvalue weighted by molar-refractivity contribution is 6.30. The minimum absolute atomic E-state index is 0.0215. The topological polar surface area (TPSA) is 20.2 Å². The van der Waals surface area contributed by atoms with Crippen molar-refractivity contribution in [1.82, 2.24) is 0 Å². The van der Waals surface area contributed by atoms with E-state index in [-0.39, 0.29) is 17.5 Å². The predicted octanol–water partition coefficient (Wildman–Crippen LogP) is 3.80. The second-order valence-electron chi connectivity index (χ2n) is 4.24. The van der Waals surface area contributed by atoms with Gasteiger partial charge in [-0.2, -0.15) is 0 Å². The molecule has 2 aromatic rings. The Labute approximate surface area is 111 Å². The van der Waals surface area contributed by atoms with Crippen molar-refractivity contribution >= 4 is 11.6 Å². The fourth-order valence-electron chi connectivity index (χ4n) is 1.96. The molecule has 0 aliphatic heterocycles. The predicted molar refractivity (Wildman–Crippen MR) is 71.4 cm³/mol. The summed E-state index contributed by atoms with van der Waals surface area (Å²) in [6.07, 6.45) is 0.592. The summed E-state index contributed by atoms with van der Waals surface area (Å²) in [6.45, 7) is 0.0360. The monoisotopic (exact) mass is 264 g/mol. The van der Waals surface area contributed by atoms with Crippen LogP contribution in [0.4, 0.5) is 4.39 Å². The molecule has 2 rings (SSSR count). The van der Waals surface area contributed by atoms with Gasteiger partial charge in [-0.15, -0.1) is 0 Å². The van der Waals surface area contributed by atoms with Gasteiger partial charge in [0.15, 0.2) is 0 Å². The first-order valence-corrected chi connectivity index (χ1v) is 6.18. The van der Waals surface area contributed by atoms with Gasteiger partial charge < -0.3 is 5.11 Å². The molecular formula is C15H14ClFO. The average Bonchev–Trinajstić information content (AvgIpc) is 2.41. The van der Waals surface area contributed by atoms with E-state index in [4.69, 9.17) is 11.6 Å². The van der Waals surface area contributed by atoms with Crippen molar-refractivity contribution in [2.24, 2.45) is 0 Å². The summed E-state index contributed by atoms with van der Waals surface area (Å²) in [7, 11) is 0. The van der Waals surface area contributed by atoms with Crippen LogP contribution in [0.1, 0.15) is 17.0 Å². The van der Waals surface area contributed by atoms with E-state index in [0.717, 1.165) is 11.1 Å². The van der Waals surface area contributed by atoms with Crippen LogP contribution >= 0.6 is 11.6 Å². The summed E-state index contributed by atoms with van der Waals surface area (Å²) in [5, 5.41) is 9.57. The molecule has 1 unspecified atom stereocenters.